The summed E-state index contributed by atoms with van der Waals surface area (Å²) in [6.07, 6.45) is 1.68. The predicted octanol–water partition coefficient (Wildman–Crippen LogP) is 3.55. The molecular weight excluding hydrogens is 402 g/mol. The van der Waals surface area contributed by atoms with Gasteiger partial charge in [0.05, 0.1) is 17.7 Å². The van der Waals surface area contributed by atoms with Crippen LogP contribution in [-0.4, -0.2) is 38.4 Å². The van der Waals surface area contributed by atoms with Gasteiger partial charge in [-0.3, -0.25) is 4.79 Å². The van der Waals surface area contributed by atoms with Gasteiger partial charge < -0.3 is 14.3 Å². The van der Waals surface area contributed by atoms with E-state index < -0.39 is 0 Å². The number of rotatable bonds is 7. The monoisotopic (exact) mass is 419 g/mol. The SMILES string of the molecule is COCCn1cnnc1SCc1nc2scc(-c3ccc(C)s3)c2c(=O)[nH]1. The van der Waals surface area contributed by atoms with E-state index in [0.717, 1.165) is 20.4 Å². The molecule has 0 bridgehead atoms. The maximum absolute atomic E-state index is 12.7. The van der Waals surface area contributed by atoms with E-state index in [1.54, 1.807) is 24.8 Å². The third-order valence-corrected chi connectivity index (χ3v) is 6.85. The highest BCUT2D eigenvalue weighted by Crippen LogP contribution is 2.35. The third kappa shape index (κ3) is 3.84. The van der Waals surface area contributed by atoms with Crippen LogP contribution < -0.4 is 5.56 Å². The molecule has 27 heavy (non-hydrogen) atoms. The van der Waals surface area contributed by atoms with Gasteiger partial charge in [0.1, 0.15) is 17.0 Å². The first-order valence-corrected chi connectivity index (χ1v) is 10.9. The van der Waals surface area contributed by atoms with Gasteiger partial charge in [0, 0.05) is 34.4 Å². The fraction of sp³-hybridized carbons (Fsp3) is 0.294. The predicted molar refractivity (Wildman–Crippen MR) is 110 cm³/mol. The van der Waals surface area contributed by atoms with E-state index in [0.29, 0.717) is 30.1 Å². The minimum absolute atomic E-state index is 0.0984. The van der Waals surface area contributed by atoms with E-state index in [9.17, 15) is 4.79 Å². The van der Waals surface area contributed by atoms with Crippen LogP contribution in [-0.2, 0) is 17.0 Å². The van der Waals surface area contributed by atoms with Crippen LogP contribution in [0.25, 0.3) is 20.7 Å². The van der Waals surface area contributed by atoms with Gasteiger partial charge in [-0.15, -0.1) is 32.9 Å². The Kier molecular flexibility index (Phi) is 5.39. The molecule has 4 aromatic rings. The lowest BCUT2D eigenvalue weighted by atomic mass is 10.2. The number of hydrogen-bond donors (Lipinski definition) is 1. The summed E-state index contributed by atoms with van der Waals surface area (Å²) in [4.78, 5) is 23.3. The summed E-state index contributed by atoms with van der Waals surface area (Å²) in [6.45, 7) is 3.34. The van der Waals surface area contributed by atoms with Crippen LogP contribution in [0.3, 0.4) is 0 Å². The molecule has 0 atom stereocenters. The van der Waals surface area contributed by atoms with Crippen molar-refractivity contribution in [2.24, 2.45) is 0 Å². The number of aryl methyl sites for hydroxylation is 1. The van der Waals surface area contributed by atoms with Crippen molar-refractivity contribution in [1.29, 1.82) is 0 Å². The first-order chi connectivity index (χ1) is 13.2. The number of nitrogens with zero attached hydrogens (tertiary/aromatic N) is 4. The first kappa shape index (κ1) is 18.4. The van der Waals surface area contributed by atoms with Crippen molar-refractivity contribution in [3.05, 3.63) is 44.9 Å². The number of ether oxygens (including phenoxy) is 1. The average Bonchev–Trinajstić information content (AvgIpc) is 3.37. The number of thioether (sulfide) groups is 1. The second-order valence-electron chi connectivity index (χ2n) is 5.84. The standard InChI is InChI=1S/C17H17N5O2S3/c1-10-3-4-12(27-10)11-7-25-16-14(11)15(23)19-13(20-16)8-26-17-21-18-9-22(17)5-6-24-2/h3-4,7,9H,5-6,8H2,1-2H3,(H,19,20,23). The Morgan fingerprint density at radius 2 is 2.26 bits per heavy atom. The molecule has 0 aliphatic carbocycles. The van der Waals surface area contributed by atoms with Gasteiger partial charge in [0.2, 0.25) is 0 Å². The van der Waals surface area contributed by atoms with Crippen LogP contribution in [0.1, 0.15) is 10.7 Å². The summed E-state index contributed by atoms with van der Waals surface area (Å²) < 4.78 is 7.02. The van der Waals surface area contributed by atoms with Crippen molar-refractivity contribution in [2.45, 2.75) is 24.4 Å². The number of aromatic amines is 1. The van der Waals surface area contributed by atoms with Crippen LogP contribution in [0.2, 0.25) is 0 Å². The molecule has 4 heterocycles. The molecule has 0 fully saturated rings. The maximum Gasteiger partial charge on any atom is 0.260 e. The minimum Gasteiger partial charge on any atom is -0.383 e. The van der Waals surface area contributed by atoms with Gasteiger partial charge in [-0.05, 0) is 19.1 Å². The van der Waals surface area contributed by atoms with Crippen LogP contribution in [0.4, 0.5) is 0 Å². The quantitative estimate of drug-likeness (QED) is 0.461. The van der Waals surface area contributed by atoms with Crippen LogP contribution in [0.15, 0.2) is 33.8 Å². The number of hydrogen-bond acceptors (Lipinski definition) is 8. The Hall–Kier alpha value is -2.01. The Bertz CT molecular complexity index is 1130. The molecule has 7 nitrogen and oxygen atoms in total. The Labute approximate surface area is 167 Å². The number of fused-ring (bicyclic) bond motifs is 1. The van der Waals surface area contributed by atoms with E-state index in [2.05, 4.69) is 39.2 Å². The summed E-state index contributed by atoms with van der Waals surface area (Å²) in [6, 6.07) is 4.12. The van der Waals surface area contributed by atoms with Gasteiger partial charge >= 0.3 is 0 Å². The summed E-state index contributed by atoms with van der Waals surface area (Å²) >= 11 is 4.67. The van der Waals surface area contributed by atoms with Crippen molar-refractivity contribution in [2.75, 3.05) is 13.7 Å². The smallest absolute Gasteiger partial charge is 0.260 e. The number of aromatic nitrogens is 5. The molecule has 1 N–H and O–H groups in total. The highest BCUT2D eigenvalue weighted by molar-refractivity contribution is 7.98. The third-order valence-electron chi connectivity index (χ3n) is 3.95. The lowest BCUT2D eigenvalue weighted by Gasteiger charge is -2.05. The fourth-order valence-corrected chi connectivity index (χ4v) is 5.39. The Morgan fingerprint density at radius 3 is 3.04 bits per heavy atom. The molecule has 0 spiro atoms. The molecule has 0 radical (unpaired) electrons. The molecule has 10 heteroatoms. The highest BCUT2D eigenvalue weighted by Gasteiger charge is 2.15. The van der Waals surface area contributed by atoms with Gasteiger partial charge in [-0.1, -0.05) is 11.8 Å². The molecule has 0 amide bonds. The van der Waals surface area contributed by atoms with Crippen LogP contribution >= 0.6 is 34.4 Å². The normalized spacial score (nSPS) is 11.5. The lowest BCUT2D eigenvalue weighted by Crippen LogP contribution is -2.11. The van der Waals surface area contributed by atoms with Gasteiger partial charge in [-0.25, -0.2) is 4.98 Å². The summed E-state index contributed by atoms with van der Waals surface area (Å²) in [5, 5.41) is 11.5. The zero-order chi connectivity index (χ0) is 18.8. The largest absolute Gasteiger partial charge is 0.383 e. The number of nitrogens with one attached hydrogen (secondary N) is 1. The fourth-order valence-electron chi connectivity index (χ4n) is 2.65. The molecule has 0 aliphatic rings. The number of H-pyrrole nitrogens is 1. The average molecular weight is 420 g/mol. The molecule has 0 aliphatic heterocycles. The highest BCUT2D eigenvalue weighted by atomic mass is 32.2. The molecule has 140 valence electrons. The Balaban J connectivity index is 1.58. The maximum atomic E-state index is 12.7. The molecule has 4 aromatic heterocycles. The van der Waals surface area contributed by atoms with E-state index in [-0.39, 0.29) is 5.56 Å². The van der Waals surface area contributed by atoms with Gasteiger partial charge in [-0.2, -0.15) is 0 Å². The second kappa shape index (κ2) is 7.93. The topological polar surface area (TPSA) is 85.7 Å². The van der Waals surface area contributed by atoms with Crippen molar-refractivity contribution < 1.29 is 4.74 Å². The van der Waals surface area contributed by atoms with Crippen molar-refractivity contribution in [3.63, 3.8) is 0 Å². The lowest BCUT2D eigenvalue weighted by molar-refractivity contribution is 0.184. The van der Waals surface area contributed by atoms with Crippen molar-refractivity contribution in [1.82, 2.24) is 24.7 Å². The number of thiophene rings is 2. The summed E-state index contributed by atoms with van der Waals surface area (Å²) in [5.41, 5.74) is 0.860. The zero-order valence-corrected chi connectivity index (χ0v) is 17.2. The second-order valence-corrected chi connectivity index (χ2v) is 8.93. The van der Waals surface area contributed by atoms with Gasteiger partial charge in [0.25, 0.3) is 5.56 Å². The summed E-state index contributed by atoms with van der Waals surface area (Å²) in [5.74, 6) is 1.15. The number of methoxy groups -OCH3 is 1. The zero-order valence-electron chi connectivity index (χ0n) is 14.8. The molecule has 0 saturated heterocycles. The molecule has 0 unspecified atom stereocenters. The molecule has 0 aromatic carbocycles. The van der Waals surface area contributed by atoms with E-state index in [1.807, 2.05) is 9.95 Å². The molecule has 0 saturated carbocycles. The van der Waals surface area contributed by atoms with E-state index in [4.69, 9.17) is 4.74 Å². The molecular formula is C17H17N5O2S3. The van der Waals surface area contributed by atoms with E-state index >= 15 is 0 Å². The van der Waals surface area contributed by atoms with Crippen molar-refractivity contribution >= 4 is 44.7 Å². The van der Waals surface area contributed by atoms with Gasteiger partial charge in [0.15, 0.2) is 5.16 Å². The van der Waals surface area contributed by atoms with Crippen LogP contribution in [0, 0.1) is 6.92 Å². The first-order valence-electron chi connectivity index (χ1n) is 8.22. The van der Waals surface area contributed by atoms with Crippen molar-refractivity contribution in [3.8, 4) is 10.4 Å². The minimum atomic E-state index is -0.0984. The summed E-state index contributed by atoms with van der Waals surface area (Å²) in [7, 11) is 1.66. The van der Waals surface area contributed by atoms with E-state index in [1.165, 1.54) is 28.0 Å². The van der Waals surface area contributed by atoms with Crippen LogP contribution in [0.5, 0.6) is 0 Å². The Morgan fingerprint density at radius 1 is 1.37 bits per heavy atom. The molecule has 4 rings (SSSR count).